The molecule has 2 aromatic heterocycles. The van der Waals surface area contributed by atoms with E-state index in [0.717, 1.165) is 41.0 Å². The van der Waals surface area contributed by atoms with Gasteiger partial charge in [0.2, 0.25) is 0 Å². The van der Waals surface area contributed by atoms with Crippen molar-refractivity contribution in [2.45, 2.75) is 72.6 Å². The monoisotopic (exact) mass is 500 g/mol. The molecule has 2 amide bonds. The summed E-state index contributed by atoms with van der Waals surface area (Å²) in [6.07, 6.45) is 3.47. The third-order valence-electron chi connectivity index (χ3n) is 5.65. The Kier molecular flexibility index (Phi) is 7.11. The van der Waals surface area contributed by atoms with E-state index in [2.05, 4.69) is 26.1 Å². The van der Waals surface area contributed by atoms with E-state index >= 15 is 0 Å². The van der Waals surface area contributed by atoms with E-state index in [1.165, 1.54) is 11.3 Å². The van der Waals surface area contributed by atoms with Gasteiger partial charge in [-0.25, -0.2) is 9.78 Å². The molecule has 0 aliphatic carbocycles. The van der Waals surface area contributed by atoms with Crippen molar-refractivity contribution in [1.82, 2.24) is 19.6 Å². The van der Waals surface area contributed by atoms with E-state index in [9.17, 15) is 9.59 Å². The van der Waals surface area contributed by atoms with E-state index < -0.39 is 5.60 Å². The third-order valence-corrected chi connectivity index (χ3v) is 6.63. The molecule has 1 aliphatic rings. The summed E-state index contributed by atoms with van der Waals surface area (Å²) in [5.74, 6) is -0.0904. The summed E-state index contributed by atoms with van der Waals surface area (Å²) in [6.45, 7) is 14.1. The Balaban J connectivity index is 1.57. The van der Waals surface area contributed by atoms with Gasteiger partial charge in [-0.3, -0.25) is 9.20 Å². The Hall–Kier alpha value is -2.65. The van der Waals surface area contributed by atoms with Crippen LogP contribution in [-0.2, 0) is 16.0 Å². The maximum absolute atomic E-state index is 13.0. The van der Waals surface area contributed by atoms with Crippen LogP contribution in [0.1, 0.15) is 69.6 Å². The SMILES string of the molecule is CC(C)(C)CNC(=O)c1cn2c(nc3ccc(CN(CC4CCCO4)C(=O)OC(C)(C)C)cc32)s1. The van der Waals surface area contributed by atoms with Crippen molar-refractivity contribution in [1.29, 1.82) is 0 Å². The number of amides is 2. The first-order valence-electron chi connectivity index (χ1n) is 12.2. The molecule has 190 valence electrons. The maximum atomic E-state index is 13.0. The van der Waals surface area contributed by atoms with Gasteiger partial charge < -0.3 is 19.7 Å². The van der Waals surface area contributed by atoms with Gasteiger partial charge in [0, 0.05) is 25.9 Å². The average Bonchev–Trinajstić information content (AvgIpc) is 3.46. The highest BCUT2D eigenvalue weighted by molar-refractivity contribution is 7.19. The number of hydrogen-bond acceptors (Lipinski definition) is 6. The number of rotatable bonds is 6. The van der Waals surface area contributed by atoms with Crippen LogP contribution in [0.3, 0.4) is 0 Å². The van der Waals surface area contributed by atoms with Crippen LogP contribution in [0.4, 0.5) is 4.79 Å². The predicted molar refractivity (Wildman–Crippen MR) is 138 cm³/mol. The molecule has 9 heteroatoms. The molecule has 8 nitrogen and oxygen atoms in total. The Bertz CT molecular complexity index is 1210. The molecule has 3 aromatic rings. The van der Waals surface area contributed by atoms with Crippen LogP contribution in [-0.4, -0.2) is 57.7 Å². The quantitative estimate of drug-likeness (QED) is 0.500. The summed E-state index contributed by atoms with van der Waals surface area (Å²) in [5.41, 5.74) is 2.16. The summed E-state index contributed by atoms with van der Waals surface area (Å²) in [5, 5.41) is 3.00. The number of imidazole rings is 1. The Morgan fingerprint density at radius 1 is 1.26 bits per heavy atom. The van der Waals surface area contributed by atoms with Crippen molar-refractivity contribution in [3.63, 3.8) is 0 Å². The van der Waals surface area contributed by atoms with Crippen LogP contribution >= 0.6 is 11.3 Å². The van der Waals surface area contributed by atoms with Crippen LogP contribution in [0.15, 0.2) is 24.4 Å². The number of fused-ring (bicyclic) bond motifs is 3. The molecule has 35 heavy (non-hydrogen) atoms. The van der Waals surface area contributed by atoms with Gasteiger partial charge in [0.15, 0.2) is 4.96 Å². The second kappa shape index (κ2) is 9.78. The molecule has 0 saturated carbocycles. The Morgan fingerprint density at radius 3 is 2.69 bits per heavy atom. The lowest BCUT2D eigenvalue weighted by molar-refractivity contribution is 0.00860. The fourth-order valence-corrected chi connectivity index (χ4v) is 4.89. The minimum atomic E-state index is -0.575. The first-order valence-corrected chi connectivity index (χ1v) is 13.0. The maximum Gasteiger partial charge on any atom is 0.410 e. The average molecular weight is 501 g/mol. The van der Waals surface area contributed by atoms with Gasteiger partial charge >= 0.3 is 6.09 Å². The third kappa shape index (κ3) is 6.52. The topological polar surface area (TPSA) is 85.2 Å². The summed E-state index contributed by atoms with van der Waals surface area (Å²) in [7, 11) is 0. The van der Waals surface area contributed by atoms with E-state index in [-0.39, 0.29) is 23.5 Å². The number of aromatic nitrogens is 2. The number of ether oxygens (including phenoxy) is 2. The second-order valence-electron chi connectivity index (χ2n) is 11.4. The molecule has 0 spiro atoms. The number of hydrogen-bond donors (Lipinski definition) is 1. The molecule has 1 N–H and O–H groups in total. The van der Waals surface area contributed by atoms with Crippen molar-refractivity contribution in [2.75, 3.05) is 19.7 Å². The molecule has 1 fully saturated rings. The van der Waals surface area contributed by atoms with Gasteiger partial charge in [-0.2, -0.15) is 0 Å². The molecule has 1 saturated heterocycles. The fourth-order valence-electron chi connectivity index (χ4n) is 3.98. The number of carbonyl (C=O) groups is 2. The molecule has 1 atom stereocenters. The highest BCUT2D eigenvalue weighted by Gasteiger charge is 2.27. The van der Waals surface area contributed by atoms with Crippen LogP contribution in [0.25, 0.3) is 16.0 Å². The number of benzene rings is 1. The molecule has 0 radical (unpaired) electrons. The zero-order valence-electron chi connectivity index (χ0n) is 21.5. The van der Waals surface area contributed by atoms with Crippen molar-refractivity contribution in [3.05, 3.63) is 34.8 Å². The van der Waals surface area contributed by atoms with E-state index in [1.54, 1.807) is 4.90 Å². The molecule has 1 aromatic carbocycles. The van der Waals surface area contributed by atoms with Gasteiger partial charge in [0.25, 0.3) is 5.91 Å². The number of carbonyl (C=O) groups excluding carboxylic acids is 2. The van der Waals surface area contributed by atoms with Crippen molar-refractivity contribution < 1.29 is 19.1 Å². The van der Waals surface area contributed by atoms with Crippen molar-refractivity contribution in [3.8, 4) is 0 Å². The minimum absolute atomic E-state index is 0.0121. The van der Waals surface area contributed by atoms with Crippen LogP contribution in [0.2, 0.25) is 0 Å². The molecule has 3 heterocycles. The van der Waals surface area contributed by atoms with E-state index in [1.807, 2.05) is 49.6 Å². The smallest absolute Gasteiger partial charge is 0.410 e. The zero-order chi connectivity index (χ0) is 25.4. The van der Waals surface area contributed by atoms with E-state index in [4.69, 9.17) is 14.5 Å². The Morgan fingerprint density at radius 2 is 2.03 bits per heavy atom. The lowest BCUT2D eigenvalue weighted by atomic mass is 9.97. The molecule has 4 rings (SSSR count). The van der Waals surface area contributed by atoms with Gasteiger partial charge in [0.1, 0.15) is 10.5 Å². The highest BCUT2D eigenvalue weighted by Crippen LogP contribution is 2.26. The Labute approximate surface area is 210 Å². The lowest BCUT2D eigenvalue weighted by Gasteiger charge is -2.29. The summed E-state index contributed by atoms with van der Waals surface area (Å²) in [6, 6.07) is 5.98. The lowest BCUT2D eigenvalue weighted by Crippen LogP contribution is -2.40. The van der Waals surface area contributed by atoms with Gasteiger partial charge in [-0.15, -0.1) is 0 Å². The summed E-state index contributed by atoms with van der Waals surface area (Å²) >= 11 is 1.37. The highest BCUT2D eigenvalue weighted by atomic mass is 32.1. The largest absolute Gasteiger partial charge is 0.444 e. The standard InChI is InChI=1S/C26H36N4O4S/c1-25(2,3)16-27-22(31)21-15-30-20-12-17(9-10-19(20)28-23(30)35-21)13-29(14-18-8-7-11-33-18)24(32)34-26(4,5)6/h9-10,12,15,18H,7-8,11,13-14,16H2,1-6H3,(H,27,31). The van der Waals surface area contributed by atoms with E-state index in [0.29, 0.717) is 24.5 Å². The number of thiazole rings is 1. The number of nitrogens with one attached hydrogen (secondary N) is 1. The summed E-state index contributed by atoms with van der Waals surface area (Å²) in [4.78, 5) is 33.4. The number of nitrogens with zero attached hydrogens (tertiary/aromatic N) is 3. The van der Waals surface area contributed by atoms with Crippen LogP contribution < -0.4 is 5.32 Å². The van der Waals surface area contributed by atoms with Crippen LogP contribution in [0, 0.1) is 5.41 Å². The van der Waals surface area contributed by atoms with Crippen molar-refractivity contribution in [2.24, 2.45) is 5.41 Å². The second-order valence-corrected chi connectivity index (χ2v) is 12.4. The predicted octanol–water partition coefficient (Wildman–Crippen LogP) is 5.24. The molecule has 1 unspecified atom stereocenters. The normalized spacial score (nSPS) is 16.7. The van der Waals surface area contributed by atoms with Crippen molar-refractivity contribution >= 4 is 39.3 Å². The molecule has 1 aliphatic heterocycles. The summed E-state index contributed by atoms with van der Waals surface area (Å²) < 4.78 is 13.4. The zero-order valence-corrected chi connectivity index (χ0v) is 22.3. The van der Waals surface area contributed by atoms with Gasteiger partial charge in [-0.1, -0.05) is 38.2 Å². The molecular weight excluding hydrogens is 464 g/mol. The van der Waals surface area contributed by atoms with Crippen LogP contribution in [0.5, 0.6) is 0 Å². The first kappa shape index (κ1) is 25.4. The molecular formula is C26H36N4O4S. The van der Waals surface area contributed by atoms with Gasteiger partial charge in [-0.05, 0) is 56.7 Å². The fraction of sp³-hybridized carbons (Fsp3) is 0.577. The minimum Gasteiger partial charge on any atom is -0.444 e. The molecule has 0 bridgehead atoms. The van der Waals surface area contributed by atoms with Gasteiger partial charge in [0.05, 0.1) is 23.7 Å². The first-order chi connectivity index (χ1) is 16.4.